The minimum absolute atomic E-state index is 0.188. The van der Waals surface area contributed by atoms with E-state index in [1.807, 2.05) is 13.8 Å². The molecule has 0 aromatic rings. The summed E-state index contributed by atoms with van der Waals surface area (Å²) in [7, 11) is 0. The average Bonchev–Trinajstić information content (AvgIpc) is 2.69. The number of urea groups is 1. The molecule has 1 spiro atoms. The third-order valence-electron chi connectivity index (χ3n) is 4.40. The maximum Gasteiger partial charge on any atom is 0.330 e. The van der Waals surface area contributed by atoms with E-state index in [0.29, 0.717) is 19.4 Å². The first-order valence-electron chi connectivity index (χ1n) is 7.80. The lowest BCUT2D eigenvalue weighted by atomic mass is 9.77. The lowest BCUT2D eigenvalue weighted by molar-refractivity contribution is -0.153. The fourth-order valence-electron chi connectivity index (χ4n) is 3.27. The van der Waals surface area contributed by atoms with Gasteiger partial charge in [0, 0.05) is 6.61 Å². The third-order valence-corrected chi connectivity index (χ3v) is 4.40. The maximum atomic E-state index is 12.8. The molecule has 4 amide bonds. The van der Waals surface area contributed by atoms with E-state index in [1.165, 1.54) is 0 Å². The van der Waals surface area contributed by atoms with Crippen LogP contribution in [0.1, 0.15) is 52.4 Å². The van der Waals surface area contributed by atoms with Crippen LogP contribution in [0.5, 0.6) is 0 Å². The highest BCUT2D eigenvalue weighted by Gasteiger charge is 2.53. The van der Waals surface area contributed by atoms with Gasteiger partial charge >= 0.3 is 6.03 Å². The summed E-state index contributed by atoms with van der Waals surface area (Å²) in [5.41, 5.74) is -1.05. The molecule has 1 aliphatic heterocycles. The Morgan fingerprint density at radius 1 is 1.19 bits per heavy atom. The van der Waals surface area contributed by atoms with E-state index in [4.69, 9.17) is 4.74 Å². The van der Waals surface area contributed by atoms with E-state index in [1.54, 1.807) is 0 Å². The topological polar surface area (TPSA) is 75.7 Å². The van der Waals surface area contributed by atoms with Gasteiger partial charge in [-0.3, -0.25) is 19.8 Å². The summed E-state index contributed by atoms with van der Waals surface area (Å²) in [5, 5.41) is 2.37. The van der Waals surface area contributed by atoms with Gasteiger partial charge < -0.3 is 4.74 Å². The van der Waals surface area contributed by atoms with Gasteiger partial charge in [0.1, 0.15) is 5.41 Å². The van der Waals surface area contributed by atoms with Crippen molar-refractivity contribution >= 4 is 17.8 Å². The molecule has 6 nitrogen and oxygen atoms in total. The molecule has 1 atom stereocenters. The van der Waals surface area contributed by atoms with Gasteiger partial charge in [-0.1, -0.05) is 25.7 Å². The van der Waals surface area contributed by atoms with Gasteiger partial charge in [-0.25, -0.2) is 4.79 Å². The van der Waals surface area contributed by atoms with Crippen molar-refractivity contribution in [2.45, 2.75) is 58.5 Å². The highest BCUT2D eigenvalue weighted by Crippen LogP contribution is 2.39. The largest absolute Gasteiger partial charge is 0.377 e. The molecule has 1 N–H and O–H groups in total. The first-order chi connectivity index (χ1) is 10.0. The minimum Gasteiger partial charge on any atom is -0.377 e. The number of rotatable bonds is 4. The summed E-state index contributed by atoms with van der Waals surface area (Å²) in [5.74, 6) is -0.760. The van der Waals surface area contributed by atoms with Crippen molar-refractivity contribution < 1.29 is 19.1 Å². The van der Waals surface area contributed by atoms with E-state index in [2.05, 4.69) is 5.32 Å². The average molecular weight is 296 g/mol. The van der Waals surface area contributed by atoms with E-state index in [-0.39, 0.29) is 18.6 Å². The van der Waals surface area contributed by atoms with Crippen LogP contribution in [-0.2, 0) is 14.3 Å². The van der Waals surface area contributed by atoms with Crippen LogP contribution < -0.4 is 5.32 Å². The van der Waals surface area contributed by atoms with E-state index < -0.39 is 17.4 Å². The van der Waals surface area contributed by atoms with Gasteiger partial charge in [0.25, 0.3) is 0 Å². The number of ether oxygens (including phenoxy) is 1. The first-order valence-corrected chi connectivity index (χ1v) is 7.80. The number of hydrogen-bond donors (Lipinski definition) is 1. The molecule has 0 radical (unpaired) electrons. The highest BCUT2D eigenvalue weighted by molar-refractivity contribution is 6.19. The fraction of sp³-hybridized carbons (Fsp3) is 0.800. The second kappa shape index (κ2) is 6.56. The van der Waals surface area contributed by atoms with E-state index in [9.17, 15) is 14.4 Å². The molecule has 0 bridgehead atoms. The van der Waals surface area contributed by atoms with Crippen LogP contribution in [0.15, 0.2) is 0 Å². The number of nitrogens with zero attached hydrogens (tertiary/aromatic N) is 1. The summed E-state index contributed by atoms with van der Waals surface area (Å²) in [4.78, 5) is 38.2. The zero-order chi connectivity index (χ0) is 15.5. The van der Waals surface area contributed by atoms with Crippen LogP contribution >= 0.6 is 0 Å². The maximum absolute atomic E-state index is 12.8. The van der Waals surface area contributed by atoms with E-state index in [0.717, 1.165) is 30.6 Å². The molecule has 2 fully saturated rings. The van der Waals surface area contributed by atoms with Gasteiger partial charge in [-0.2, -0.15) is 0 Å². The van der Waals surface area contributed by atoms with Gasteiger partial charge in [-0.15, -0.1) is 0 Å². The van der Waals surface area contributed by atoms with Crippen LogP contribution in [-0.4, -0.2) is 42.0 Å². The van der Waals surface area contributed by atoms with Gasteiger partial charge in [0.15, 0.2) is 0 Å². The van der Waals surface area contributed by atoms with Crippen molar-refractivity contribution in [1.82, 2.24) is 10.2 Å². The predicted octanol–water partition coefficient (Wildman–Crippen LogP) is 1.83. The standard InChI is InChI=1S/C15H24N2O4/c1-3-21-11(2)10-17-13(19)15(12(18)16-14(17)20)8-6-4-5-7-9-15/h11H,3-10H2,1-2H3,(H,16,18,20). The Bertz CT molecular complexity index is 427. The molecule has 0 aromatic heterocycles. The first kappa shape index (κ1) is 15.9. The summed E-state index contributed by atoms with van der Waals surface area (Å²) in [6.07, 6.45) is 4.59. The Morgan fingerprint density at radius 2 is 1.81 bits per heavy atom. The van der Waals surface area contributed by atoms with Crippen LogP contribution in [0.3, 0.4) is 0 Å². The number of nitrogens with one attached hydrogen (secondary N) is 1. The summed E-state index contributed by atoms with van der Waals surface area (Å²) < 4.78 is 5.41. The molecular weight excluding hydrogens is 272 g/mol. The normalized spacial score (nSPS) is 23.9. The molecule has 21 heavy (non-hydrogen) atoms. The Hall–Kier alpha value is -1.43. The summed E-state index contributed by atoms with van der Waals surface area (Å²) >= 11 is 0. The molecule has 1 saturated heterocycles. The van der Waals surface area contributed by atoms with Gasteiger partial charge in [0.2, 0.25) is 11.8 Å². The van der Waals surface area contributed by atoms with Crippen molar-refractivity contribution in [2.24, 2.45) is 5.41 Å². The molecule has 118 valence electrons. The molecule has 1 unspecified atom stereocenters. The molecule has 1 heterocycles. The fourth-order valence-corrected chi connectivity index (χ4v) is 3.27. The molecule has 0 aromatic carbocycles. The van der Waals surface area contributed by atoms with Crippen LogP contribution in [0.4, 0.5) is 4.79 Å². The summed E-state index contributed by atoms with van der Waals surface area (Å²) in [6, 6.07) is -0.619. The molecule has 1 aliphatic carbocycles. The van der Waals surface area contributed by atoms with Crippen molar-refractivity contribution in [3.63, 3.8) is 0 Å². The number of carbonyl (C=O) groups excluding carboxylic acids is 3. The Balaban J connectivity index is 2.20. The molecule has 2 rings (SSSR count). The lowest BCUT2D eigenvalue weighted by Gasteiger charge is -2.39. The zero-order valence-electron chi connectivity index (χ0n) is 12.8. The predicted molar refractivity (Wildman–Crippen MR) is 76.5 cm³/mol. The quantitative estimate of drug-likeness (QED) is 0.803. The number of carbonyl (C=O) groups is 3. The van der Waals surface area contributed by atoms with Crippen molar-refractivity contribution in [2.75, 3.05) is 13.2 Å². The monoisotopic (exact) mass is 296 g/mol. The number of barbiturate groups is 1. The third kappa shape index (κ3) is 3.10. The molecular formula is C15H24N2O4. The Kier molecular flexibility index (Phi) is 4.98. The van der Waals surface area contributed by atoms with Crippen molar-refractivity contribution in [3.05, 3.63) is 0 Å². The van der Waals surface area contributed by atoms with Crippen LogP contribution in [0.25, 0.3) is 0 Å². The molecule has 1 saturated carbocycles. The number of imide groups is 2. The molecule has 2 aliphatic rings. The smallest absolute Gasteiger partial charge is 0.330 e. The SMILES string of the molecule is CCOC(C)CN1C(=O)NC(=O)C2(CCCCCC2)C1=O. The highest BCUT2D eigenvalue weighted by atomic mass is 16.5. The zero-order valence-corrected chi connectivity index (χ0v) is 12.8. The van der Waals surface area contributed by atoms with Crippen molar-refractivity contribution in [1.29, 1.82) is 0 Å². The van der Waals surface area contributed by atoms with Crippen LogP contribution in [0.2, 0.25) is 0 Å². The van der Waals surface area contributed by atoms with Crippen molar-refractivity contribution in [3.8, 4) is 0 Å². The Labute approximate surface area is 125 Å². The minimum atomic E-state index is -1.05. The van der Waals surface area contributed by atoms with E-state index >= 15 is 0 Å². The summed E-state index contributed by atoms with van der Waals surface area (Å²) in [6.45, 7) is 4.40. The second-order valence-corrected chi connectivity index (χ2v) is 5.94. The van der Waals surface area contributed by atoms with Gasteiger partial charge in [-0.05, 0) is 26.7 Å². The lowest BCUT2D eigenvalue weighted by Crippen LogP contribution is -2.64. The Morgan fingerprint density at radius 3 is 2.38 bits per heavy atom. The van der Waals surface area contributed by atoms with Gasteiger partial charge in [0.05, 0.1) is 12.6 Å². The number of amides is 4. The number of hydrogen-bond acceptors (Lipinski definition) is 4. The second-order valence-electron chi connectivity index (χ2n) is 5.94. The van der Waals surface area contributed by atoms with Crippen LogP contribution in [0, 0.1) is 5.41 Å². The molecule has 6 heteroatoms.